The first-order valence-corrected chi connectivity index (χ1v) is 5.31. The number of rotatable bonds is 3. The molecule has 15 heavy (non-hydrogen) atoms. The van der Waals surface area contributed by atoms with Crippen LogP contribution < -0.4 is 4.74 Å². The fourth-order valence-electron chi connectivity index (χ4n) is 1.60. The van der Waals surface area contributed by atoms with E-state index in [2.05, 4.69) is 15.9 Å². The maximum atomic E-state index is 10.7. The zero-order valence-corrected chi connectivity index (χ0v) is 10.5. The Morgan fingerprint density at radius 3 is 2.60 bits per heavy atom. The lowest BCUT2D eigenvalue weighted by molar-refractivity contribution is -0.136. The number of halogens is 1. The number of aryl methyl sites for hydroxylation is 1. The van der Waals surface area contributed by atoms with Gasteiger partial charge < -0.3 is 9.84 Å². The molecule has 0 saturated heterocycles. The van der Waals surface area contributed by atoms with Gasteiger partial charge in [0.1, 0.15) is 5.75 Å². The van der Waals surface area contributed by atoms with Crippen molar-refractivity contribution in [2.45, 2.75) is 20.3 Å². The van der Waals surface area contributed by atoms with Crippen molar-refractivity contribution in [1.82, 2.24) is 0 Å². The van der Waals surface area contributed by atoms with Gasteiger partial charge in [0.2, 0.25) is 0 Å². The number of benzene rings is 1. The number of ether oxygens (including phenoxy) is 1. The topological polar surface area (TPSA) is 46.5 Å². The molecule has 1 N–H and O–H groups in total. The molecule has 0 bridgehead atoms. The molecule has 0 aliphatic heterocycles. The average Bonchev–Trinajstić information content (AvgIpc) is 2.14. The number of methoxy groups -OCH3 is 1. The van der Waals surface area contributed by atoms with E-state index in [1.54, 1.807) is 7.11 Å². The van der Waals surface area contributed by atoms with E-state index >= 15 is 0 Å². The summed E-state index contributed by atoms with van der Waals surface area (Å²) in [5.41, 5.74) is 2.67. The molecule has 3 nitrogen and oxygen atoms in total. The van der Waals surface area contributed by atoms with Gasteiger partial charge in [-0.25, -0.2) is 0 Å². The molecule has 0 saturated carbocycles. The molecule has 1 aromatic carbocycles. The van der Waals surface area contributed by atoms with E-state index in [4.69, 9.17) is 9.84 Å². The molecular formula is C11H13BrO3. The maximum absolute atomic E-state index is 10.7. The Morgan fingerprint density at radius 1 is 1.53 bits per heavy atom. The lowest BCUT2D eigenvalue weighted by Gasteiger charge is -2.13. The summed E-state index contributed by atoms with van der Waals surface area (Å²) in [5, 5.41) is 8.77. The second-order valence-corrected chi connectivity index (χ2v) is 4.19. The Bertz CT molecular complexity index is 399. The zero-order chi connectivity index (χ0) is 11.6. The monoisotopic (exact) mass is 272 g/mol. The minimum atomic E-state index is -0.852. The van der Waals surface area contributed by atoms with Gasteiger partial charge >= 0.3 is 5.97 Å². The largest absolute Gasteiger partial charge is 0.496 e. The molecule has 0 unspecified atom stereocenters. The summed E-state index contributed by atoms with van der Waals surface area (Å²) in [6.45, 7) is 3.84. The first-order chi connectivity index (χ1) is 6.97. The fourth-order valence-corrected chi connectivity index (χ4v) is 1.90. The Kier molecular flexibility index (Phi) is 3.74. The molecule has 0 atom stereocenters. The van der Waals surface area contributed by atoms with Gasteiger partial charge in [0.15, 0.2) is 0 Å². The number of hydrogen-bond donors (Lipinski definition) is 1. The van der Waals surface area contributed by atoms with E-state index in [1.807, 2.05) is 19.9 Å². The summed E-state index contributed by atoms with van der Waals surface area (Å²) in [6, 6.07) is 1.84. The second-order valence-electron chi connectivity index (χ2n) is 3.40. The molecule has 0 aromatic heterocycles. The van der Waals surface area contributed by atoms with Gasteiger partial charge in [-0.15, -0.1) is 0 Å². The molecule has 0 aliphatic rings. The van der Waals surface area contributed by atoms with E-state index < -0.39 is 5.97 Å². The lowest BCUT2D eigenvalue weighted by atomic mass is 10.0. The van der Waals surface area contributed by atoms with E-state index in [0.29, 0.717) is 11.3 Å². The van der Waals surface area contributed by atoms with Crippen LogP contribution >= 0.6 is 15.9 Å². The third kappa shape index (κ3) is 2.50. The predicted molar refractivity (Wildman–Crippen MR) is 61.5 cm³/mol. The van der Waals surface area contributed by atoms with Crippen LogP contribution in [0.1, 0.15) is 16.7 Å². The quantitative estimate of drug-likeness (QED) is 0.921. The van der Waals surface area contributed by atoms with Crippen LogP contribution in [0.15, 0.2) is 10.5 Å². The lowest BCUT2D eigenvalue weighted by Crippen LogP contribution is -2.04. The highest BCUT2D eigenvalue weighted by Crippen LogP contribution is 2.33. The van der Waals surface area contributed by atoms with Crippen LogP contribution in [0.4, 0.5) is 0 Å². The summed E-state index contributed by atoms with van der Waals surface area (Å²) in [6.07, 6.45) is -0.0157. The summed E-state index contributed by atoms with van der Waals surface area (Å²) < 4.78 is 6.19. The fraction of sp³-hybridized carbons (Fsp3) is 0.364. The highest BCUT2D eigenvalue weighted by atomic mass is 79.9. The zero-order valence-electron chi connectivity index (χ0n) is 8.93. The van der Waals surface area contributed by atoms with Crippen molar-refractivity contribution in [3.63, 3.8) is 0 Å². The van der Waals surface area contributed by atoms with Gasteiger partial charge in [-0.1, -0.05) is 22.0 Å². The van der Waals surface area contributed by atoms with E-state index in [-0.39, 0.29) is 6.42 Å². The molecule has 1 rings (SSSR count). The van der Waals surface area contributed by atoms with Crippen LogP contribution in [0.25, 0.3) is 0 Å². The summed E-state index contributed by atoms with van der Waals surface area (Å²) in [4.78, 5) is 10.7. The summed E-state index contributed by atoms with van der Waals surface area (Å²) in [7, 11) is 1.55. The molecule has 0 aliphatic carbocycles. The van der Waals surface area contributed by atoms with Gasteiger partial charge in [0.25, 0.3) is 0 Å². The third-order valence-electron chi connectivity index (χ3n) is 2.24. The molecule has 0 heterocycles. The average molecular weight is 273 g/mol. The van der Waals surface area contributed by atoms with Gasteiger partial charge in [-0.05, 0) is 19.4 Å². The maximum Gasteiger partial charge on any atom is 0.307 e. The van der Waals surface area contributed by atoms with Crippen molar-refractivity contribution in [1.29, 1.82) is 0 Å². The molecule has 0 spiro atoms. The second kappa shape index (κ2) is 4.66. The van der Waals surface area contributed by atoms with Crippen molar-refractivity contribution in [2.24, 2.45) is 0 Å². The van der Waals surface area contributed by atoms with Crippen molar-refractivity contribution in [3.05, 3.63) is 27.2 Å². The van der Waals surface area contributed by atoms with Crippen LogP contribution in [0, 0.1) is 13.8 Å². The van der Waals surface area contributed by atoms with Crippen LogP contribution in [0.2, 0.25) is 0 Å². The normalized spacial score (nSPS) is 10.1. The van der Waals surface area contributed by atoms with Crippen molar-refractivity contribution >= 4 is 21.9 Å². The Hall–Kier alpha value is -1.03. The van der Waals surface area contributed by atoms with Gasteiger partial charge in [0, 0.05) is 15.6 Å². The Labute approximate surface area is 97.2 Å². The van der Waals surface area contributed by atoms with Gasteiger partial charge in [0.05, 0.1) is 13.5 Å². The smallest absolute Gasteiger partial charge is 0.307 e. The third-order valence-corrected chi connectivity index (χ3v) is 3.46. The number of carboxylic acids is 1. The minimum absolute atomic E-state index is 0.0157. The molecule has 0 amide bonds. The van der Waals surface area contributed by atoms with Crippen LogP contribution in [-0.4, -0.2) is 18.2 Å². The number of aliphatic carboxylic acids is 1. The number of carbonyl (C=O) groups is 1. The molecule has 0 fully saturated rings. The molecular weight excluding hydrogens is 260 g/mol. The number of carboxylic acid groups (broad SMARTS) is 1. The standard InChI is InChI=1S/C11H13BrO3/c1-6-4-8(5-9(13)14)11(15-3)7(2)10(6)12/h4H,5H2,1-3H3,(H,13,14). The van der Waals surface area contributed by atoms with Crippen LogP contribution in [0.5, 0.6) is 5.75 Å². The highest BCUT2D eigenvalue weighted by Gasteiger charge is 2.14. The first kappa shape index (κ1) is 12.0. The number of hydrogen-bond acceptors (Lipinski definition) is 2. The molecule has 4 heteroatoms. The van der Waals surface area contributed by atoms with E-state index in [1.165, 1.54) is 0 Å². The highest BCUT2D eigenvalue weighted by molar-refractivity contribution is 9.10. The van der Waals surface area contributed by atoms with Crippen LogP contribution in [-0.2, 0) is 11.2 Å². The summed E-state index contributed by atoms with van der Waals surface area (Å²) >= 11 is 3.44. The van der Waals surface area contributed by atoms with E-state index in [9.17, 15) is 4.79 Å². The summed E-state index contributed by atoms with van der Waals surface area (Å²) in [5.74, 6) is -0.204. The predicted octanol–water partition coefficient (Wildman–Crippen LogP) is 2.70. The van der Waals surface area contributed by atoms with Crippen molar-refractivity contribution < 1.29 is 14.6 Å². The minimum Gasteiger partial charge on any atom is -0.496 e. The van der Waals surface area contributed by atoms with Gasteiger partial charge in [-0.3, -0.25) is 4.79 Å². The Morgan fingerprint density at radius 2 is 2.13 bits per heavy atom. The van der Waals surface area contributed by atoms with E-state index in [0.717, 1.165) is 15.6 Å². The van der Waals surface area contributed by atoms with Crippen LogP contribution in [0.3, 0.4) is 0 Å². The Balaban J connectivity index is 3.31. The van der Waals surface area contributed by atoms with Crippen molar-refractivity contribution in [2.75, 3.05) is 7.11 Å². The molecule has 0 radical (unpaired) electrons. The first-order valence-electron chi connectivity index (χ1n) is 4.51. The molecule has 82 valence electrons. The SMILES string of the molecule is COc1c(CC(=O)O)cc(C)c(Br)c1C. The van der Waals surface area contributed by atoms with Crippen molar-refractivity contribution in [3.8, 4) is 5.75 Å². The molecule has 1 aromatic rings. The van der Waals surface area contributed by atoms with Gasteiger partial charge in [-0.2, -0.15) is 0 Å².